The minimum atomic E-state index is -4.52. The highest BCUT2D eigenvalue weighted by Crippen LogP contribution is 2.52. The first kappa shape index (κ1) is 21.2. The molecule has 1 N–H and O–H groups in total. The fraction of sp³-hybridized carbons (Fsp3) is 0.400. The van der Waals surface area contributed by atoms with Crippen molar-refractivity contribution < 1.29 is 13.2 Å². The Morgan fingerprint density at radius 1 is 1.21 bits per heavy atom. The maximum absolute atomic E-state index is 13.7. The molecule has 0 saturated heterocycles. The van der Waals surface area contributed by atoms with Crippen molar-refractivity contribution in [2.24, 2.45) is 13.0 Å². The summed E-state index contributed by atoms with van der Waals surface area (Å²) in [4.78, 5) is 16.0. The number of fused-ring (bicyclic) bond motifs is 1. The van der Waals surface area contributed by atoms with Crippen LogP contribution in [-0.4, -0.2) is 24.3 Å². The largest absolute Gasteiger partial charge is 0.418 e. The molecule has 0 spiro atoms. The first-order valence-corrected chi connectivity index (χ1v) is 11.5. The second kappa shape index (κ2) is 7.07. The lowest BCUT2D eigenvalue weighted by Crippen LogP contribution is -2.43. The van der Waals surface area contributed by atoms with Crippen LogP contribution in [0.1, 0.15) is 61.0 Å². The van der Waals surface area contributed by atoms with Gasteiger partial charge in [-0.25, -0.2) is 0 Å². The highest BCUT2D eigenvalue weighted by atomic mass is 19.4. The number of hydrogen-bond acceptors (Lipinski definition) is 3. The summed E-state index contributed by atoms with van der Waals surface area (Å²) in [5.74, 6) is 1.44. The van der Waals surface area contributed by atoms with E-state index in [-0.39, 0.29) is 22.2 Å². The van der Waals surface area contributed by atoms with Crippen LogP contribution in [0.25, 0.3) is 16.6 Å². The molecule has 0 bridgehead atoms. The van der Waals surface area contributed by atoms with Gasteiger partial charge in [-0.05, 0) is 60.8 Å². The summed E-state index contributed by atoms with van der Waals surface area (Å²) in [7, 11) is 1.92. The summed E-state index contributed by atoms with van der Waals surface area (Å²) in [6.07, 6.45) is 3.16. The molecule has 2 saturated carbocycles. The second-order valence-corrected chi connectivity index (χ2v) is 9.90. The number of benzene rings is 1. The van der Waals surface area contributed by atoms with Crippen molar-refractivity contribution in [2.75, 3.05) is 0 Å². The normalized spacial score (nSPS) is 22.8. The maximum Gasteiger partial charge on any atom is 0.418 e. The van der Waals surface area contributed by atoms with Gasteiger partial charge in [0.15, 0.2) is 0 Å². The van der Waals surface area contributed by atoms with Crippen LogP contribution in [0.15, 0.2) is 47.8 Å². The smallest absolute Gasteiger partial charge is 0.356 e. The first-order valence-electron chi connectivity index (χ1n) is 11.5. The molecule has 0 radical (unpaired) electrons. The number of nitrogens with zero attached hydrogens (tertiary/aromatic N) is 4. The van der Waals surface area contributed by atoms with Gasteiger partial charge in [0, 0.05) is 30.5 Å². The zero-order valence-corrected chi connectivity index (χ0v) is 18.9. The molecular weight excluding hydrogens is 443 g/mol. The van der Waals surface area contributed by atoms with E-state index < -0.39 is 17.3 Å². The Morgan fingerprint density at radius 3 is 2.59 bits per heavy atom. The van der Waals surface area contributed by atoms with E-state index in [1.165, 1.54) is 4.57 Å². The number of nitrogens with one attached hydrogen (secondary N) is 1. The topological polar surface area (TPSA) is 68.5 Å². The highest BCUT2D eigenvalue weighted by molar-refractivity contribution is 5.87. The van der Waals surface area contributed by atoms with Crippen LogP contribution in [0.4, 0.5) is 13.2 Å². The lowest BCUT2D eigenvalue weighted by atomic mass is 9.58. The quantitative estimate of drug-likeness (QED) is 0.456. The van der Waals surface area contributed by atoms with Crippen molar-refractivity contribution in [1.29, 1.82) is 0 Å². The van der Waals surface area contributed by atoms with Crippen molar-refractivity contribution in [3.05, 3.63) is 75.9 Å². The Morgan fingerprint density at radius 2 is 1.97 bits per heavy atom. The molecule has 0 amide bonds. The van der Waals surface area contributed by atoms with Crippen LogP contribution in [0.3, 0.4) is 0 Å². The molecule has 0 aliphatic heterocycles. The second-order valence-electron chi connectivity index (χ2n) is 9.90. The average molecular weight is 467 g/mol. The number of rotatable bonds is 4. The fourth-order valence-corrected chi connectivity index (χ4v) is 5.74. The number of H-pyrrole nitrogens is 1. The first-order chi connectivity index (χ1) is 16.2. The monoisotopic (exact) mass is 467 g/mol. The van der Waals surface area contributed by atoms with Gasteiger partial charge < -0.3 is 9.55 Å². The van der Waals surface area contributed by atoms with E-state index in [2.05, 4.69) is 22.1 Å². The lowest BCUT2D eigenvalue weighted by molar-refractivity contribution is -0.136. The summed E-state index contributed by atoms with van der Waals surface area (Å²) in [5, 5.41) is 8.47. The van der Waals surface area contributed by atoms with Crippen molar-refractivity contribution >= 4 is 10.9 Å². The van der Waals surface area contributed by atoms with Gasteiger partial charge in [0.1, 0.15) is 17.7 Å². The van der Waals surface area contributed by atoms with Crippen molar-refractivity contribution in [1.82, 2.24) is 24.3 Å². The Hall–Kier alpha value is -3.36. The van der Waals surface area contributed by atoms with Crippen LogP contribution in [0.2, 0.25) is 0 Å². The summed E-state index contributed by atoms with van der Waals surface area (Å²) in [6, 6.07) is 7.73. The van der Waals surface area contributed by atoms with Crippen LogP contribution in [0, 0.1) is 5.92 Å². The predicted octanol–water partition coefficient (Wildman–Crippen LogP) is 5.06. The molecule has 0 atom stereocenters. The van der Waals surface area contributed by atoms with Gasteiger partial charge in [0.25, 0.3) is 5.56 Å². The third-order valence-corrected chi connectivity index (χ3v) is 7.40. The van der Waals surface area contributed by atoms with Crippen molar-refractivity contribution in [2.45, 2.75) is 50.1 Å². The molecule has 9 heteroatoms. The summed E-state index contributed by atoms with van der Waals surface area (Å²) >= 11 is 0. The van der Waals surface area contributed by atoms with Gasteiger partial charge in [-0.1, -0.05) is 19.1 Å². The number of aromatic nitrogens is 5. The maximum atomic E-state index is 13.7. The molecular formula is C25H24F3N5O. The molecule has 1 aromatic carbocycles. The summed E-state index contributed by atoms with van der Waals surface area (Å²) in [6.45, 7) is 2.20. The zero-order valence-electron chi connectivity index (χ0n) is 18.9. The summed E-state index contributed by atoms with van der Waals surface area (Å²) in [5.41, 5.74) is 0.686. The molecule has 4 aromatic rings. The third-order valence-electron chi connectivity index (χ3n) is 7.40. The Balaban J connectivity index is 1.53. The van der Waals surface area contributed by atoms with Crippen LogP contribution in [-0.2, 0) is 18.6 Å². The van der Waals surface area contributed by atoms with E-state index in [9.17, 15) is 18.0 Å². The molecule has 2 aliphatic rings. The predicted molar refractivity (Wildman–Crippen MR) is 121 cm³/mol. The number of halogens is 3. The molecule has 176 valence electrons. The van der Waals surface area contributed by atoms with Crippen LogP contribution in [0.5, 0.6) is 0 Å². The van der Waals surface area contributed by atoms with Gasteiger partial charge >= 0.3 is 6.18 Å². The molecule has 0 unspecified atom stereocenters. The minimum Gasteiger partial charge on any atom is -0.356 e. The van der Waals surface area contributed by atoms with Crippen LogP contribution < -0.4 is 5.56 Å². The number of aryl methyl sites for hydroxylation is 1. The molecule has 2 fully saturated rings. The lowest BCUT2D eigenvalue weighted by Gasteiger charge is -2.46. The van der Waals surface area contributed by atoms with Gasteiger partial charge in [-0.15, -0.1) is 10.2 Å². The Kier molecular flexibility index (Phi) is 4.41. The third kappa shape index (κ3) is 3.05. The average Bonchev–Trinajstić information content (AvgIpc) is 3.35. The van der Waals surface area contributed by atoms with Gasteiger partial charge in [-0.3, -0.25) is 9.36 Å². The van der Waals surface area contributed by atoms with E-state index >= 15 is 0 Å². The minimum absolute atomic E-state index is 0.00223. The van der Waals surface area contributed by atoms with Gasteiger partial charge in [0.05, 0.1) is 11.0 Å². The van der Waals surface area contributed by atoms with Crippen molar-refractivity contribution in [3.63, 3.8) is 0 Å². The molecule has 2 aliphatic carbocycles. The molecule has 3 heterocycles. The van der Waals surface area contributed by atoms with Gasteiger partial charge in [-0.2, -0.15) is 13.2 Å². The standard InChI is InChI=1S/C25H24F3N5O/c1-14-9-24(10-14,23-31-30-13-32(23)2)16-4-3-5-17(8-16)33-12-18(15-6-7-15)20-19(25(26,27)28)11-29-21(20)22(33)34/h3-5,8,11-15,29H,6-7,9-10H2,1-2H3. The number of aromatic amines is 1. The van der Waals surface area contributed by atoms with E-state index in [1.54, 1.807) is 12.5 Å². The van der Waals surface area contributed by atoms with Crippen molar-refractivity contribution in [3.8, 4) is 5.69 Å². The van der Waals surface area contributed by atoms with E-state index in [1.807, 2.05) is 35.9 Å². The van der Waals surface area contributed by atoms with E-state index in [0.29, 0.717) is 17.2 Å². The zero-order chi connectivity index (χ0) is 23.8. The SMILES string of the molecule is CC1CC(c2cccc(-n3cc(C4CC4)c4c(C(F)(F)F)c[nH]c4c3=O)c2)(c2nncn2C)C1. The molecule has 6 nitrogen and oxygen atoms in total. The van der Waals surface area contributed by atoms with E-state index in [0.717, 1.165) is 43.3 Å². The molecule has 6 rings (SSSR count). The fourth-order valence-electron chi connectivity index (χ4n) is 5.74. The highest BCUT2D eigenvalue weighted by Gasteiger charge is 2.48. The summed E-state index contributed by atoms with van der Waals surface area (Å²) < 4.78 is 44.4. The van der Waals surface area contributed by atoms with Crippen LogP contribution >= 0.6 is 0 Å². The van der Waals surface area contributed by atoms with Gasteiger partial charge in [0.2, 0.25) is 0 Å². The molecule has 34 heavy (non-hydrogen) atoms. The molecule has 3 aromatic heterocycles. The number of hydrogen-bond donors (Lipinski definition) is 1. The Bertz CT molecular complexity index is 1470. The number of alkyl halides is 3. The Labute approximate surface area is 193 Å². The van der Waals surface area contributed by atoms with E-state index in [4.69, 9.17) is 0 Å². The number of pyridine rings is 1.